The first-order valence-corrected chi connectivity index (χ1v) is 14.8. The van der Waals surface area contributed by atoms with E-state index < -0.39 is 15.6 Å². The molecule has 26 heavy (non-hydrogen) atoms. The summed E-state index contributed by atoms with van der Waals surface area (Å²) in [5.74, 6) is 0. The molecule has 0 bridgehead atoms. The Morgan fingerprint density at radius 3 is 1.62 bits per heavy atom. The van der Waals surface area contributed by atoms with Gasteiger partial charge in [0.15, 0.2) is 0 Å². The first-order valence-electron chi connectivity index (χ1n) is 9.68. The summed E-state index contributed by atoms with van der Waals surface area (Å²) in [5, 5.41) is 5.38. The predicted molar refractivity (Wildman–Crippen MR) is 123 cm³/mol. The molecular weight excluding hydrogens is 353 g/mol. The summed E-state index contributed by atoms with van der Waals surface area (Å²) >= 11 is 0. The van der Waals surface area contributed by atoms with Crippen LogP contribution in [0.3, 0.4) is 0 Å². The Morgan fingerprint density at radius 1 is 0.846 bits per heavy atom. The lowest BCUT2D eigenvalue weighted by molar-refractivity contribution is 0.357. The maximum absolute atomic E-state index is 5.59. The maximum atomic E-state index is 5.59. The molecule has 0 amide bonds. The molecule has 150 valence electrons. The Bertz CT molecular complexity index is 627. The minimum atomic E-state index is -2.17. The third kappa shape index (κ3) is 6.33. The van der Waals surface area contributed by atoms with Crippen molar-refractivity contribution in [2.75, 3.05) is 0 Å². The molecule has 1 rings (SSSR count). The SMILES string of the molecule is CC(C)(C)N=P(NC(C)(C)C)(c1ccccc1)N(C(C)(C)C)[Si](C)(C)C. The average molecular weight is 396 g/mol. The van der Waals surface area contributed by atoms with Crippen LogP contribution in [0.15, 0.2) is 35.1 Å². The van der Waals surface area contributed by atoms with Crippen molar-refractivity contribution in [2.24, 2.45) is 4.74 Å². The maximum Gasteiger partial charge on any atom is 0.127 e. The zero-order chi connectivity index (χ0) is 20.6. The van der Waals surface area contributed by atoms with Gasteiger partial charge in [-0.1, -0.05) is 50.0 Å². The van der Waals surface area contributed by atoms with Crippen molar-refractivity contribution < 1.29 is 0 Å². The fourth-order valence-corrected chi connectivity index (χ4v) is 13.9. The number of nitrogens with zero attached hydrogens (tertiary/aromatic N) is 2. The van der Waals surface area contributed by atoms with Crippen LogP contribution in [0, 0.1) is 0 Å². The lowest BCUT2D eigenvalue weighted by Gasteiger charge is -2.54. The van der Waals surface area contributed by atoms with E-state index in [1.165, 1.54) is 5.30 Å². The molecule has 1 N–H and O–H groups in total. The van der Waals surface area contributed by atoms with Crippen LogP contribution in [0.25, 0.3) is 0 Å². The molecule has 0 saturated heterocycles. The van der Waals surface area contributed by atoms with Gasteiger partial charge in [0, 0.05) is 16.4 Å². The number of benzene rings is 1. The van der Waals surface area contributed by atoms with Crippen molar-refractivity contribution in [2.45, 2.75) is 98.6 Å². The van der Waals surface area contributed by atoms with E-state index in [9.17, 15) is 0 Å². The third-order valence-electron chi connectivity index (χ3n) is 3.61. The molecule has 1 unspecified atom stereocenters. The summed E-state index contributed by atoms with van der Waals surface area (Å²) in [5.41, 5.74) is -0.159. The van der Waals surface area contributed by atoms with Gasteiger partial charge >= 0.3 is 0 Å². The van der Waals surface area contributed by atoms with E-state index in [2.05, 4.69) is 122 Å². The van der Waals surface area contributed by atoms with Gasteiger partial charge in [-0.15, -0.1) is 0 Å². The number of nitrogens with one attached hydrogen (secondary N) is 1. The molecule has 0 aromatic heterocycles. The van der Waals surface area contributed by atoms with Crippen LogP contribution in [0.1, 0.15) is 62.3 Å². The van der Waals surface area contributed by atoms with Crippen LogP contribution in [0.4, 0.5) is 0 Å². The molecule has 0 aliphatic heterocycles. The van der Waals surface area contributed by atoms with Gasteiger partial charge in [0.1, 0.15) is 15.6 Å². The standard InChI is InChI=1S/C21H42N3PSi/c1-19(2,3)22-25(23-20(4,5)6,18-16-14-13-15-17-18)24(21(7,8)9)26(10,11)12/h13-17,22H,1-12H3. The Labute approximate surface area is 164 Å². The molecule has 3 nitrogen and oxygen atoms in total. The van der Waals surface area contributed by atoms with Gasteiger partial charge in [-0.2, -0.15) is 0 Å². The number of hydrogen-bond donors (Lipinski definition) is 1. The van der Waals surface area contributed by atoms with E-state index in [-0.39, 0.29) is 16.6 Å². The van der Waals surface area contributed by atoms with E-state index in [1.54, 1.807) is 0 Å². The van der Waals surface area contributed by atoms with E-state index in [0.717, 1.165) is 0 Å². The second-order valence-corrected chi connectivity index (χ2v) is 18.9. The summed E-state index contributed by atoms with van der Waals surface area (Å²) in [6.45, 7) is 27.8. The summed E-state index contributed by atoms with van der Waals surface area (Å²) in [6.07, 6.45) is 0. The zero-order valence-electron chi connectivity index (χ0n) is 19.2. The van der Waals surface area contributed by atoms with E-state index in [1.807, 2.05) is 0 Å². The highest BCUT2D eigenvalue weighted by molar-refractivity contribution is 7.71. The van der Waals surface area contributed by atoms with Crippen molar-refractivity contribution in [3.8, 4) is 0 Å². The van der Waals surface area contributed by atoms with E-state index in [4.69, 9.17) is 4.74 Å². The molecular formula is C21H42N3PSi. The van der Waals surface area contributed by atoms with Gasteiger partial charge in [-0.05, 0) is 62.3 Å². The number of hydrogen-bond acceptors (Lipinski definition) is 1. The fraction of sp³-hybridized carbons (Fsp3) is 0.714. The normalized spacial score (nSPS) is 16.5. The molecule has 0 radical (unpaired) electrons. The van der Waals surface area contributed by atoms with E-state index in [0.29, 0.717) is 0 Å². The third-order valence-corrected chi connectivity index (χ3v) is 12.3. The summed E-state index contributed by atoms with van der Waals surface area (Å²) < 4.78 is 8.37. The van der Waals surface area contributed by atoms with Gasteiger partial charge in [-0.3, -0.25) is 14.2 Å². The Balaban J connectivity index is 4.04. The van der Waals surface area contributed by atoms with Gasteiger partial charge in [0.05, 0.1) is 5.54 Å². The van der Waals surface area contributed by atoms with Crippen LogP contribution in [0.2, 0.25) is 19.6 Å². The highest BCUT2D eigenvalue weighted by atomic mass is 31.2. The van der Waals surface area contributed by atoms with Crippen LogP contribution in [-0.2, 0) is 0 Å². The topological polar surface area (TPSA) is 27.6 Å². The molecule has 0 spiro atoms. The van der Waals surface area contributed by atoms with Crippen molar-refractivity contribution in [1.82, 2.24) is 9.42 Å². The highest BCUT2D eigenvalue weighted by Gasteiger charge is 2.46. The quantitative estimate of drug-likeness (QED) is 0.467. The van der Waals surface area contributed by atoms with Gasteiger partial charge in [0.2, 0.25) is 0 Å². The minimum absolute atomic E-state index is 0.0150. The van der Waals surface area contributed by atoms with Gasteiger partial charge in [0.25, 0.3) is 0 Å². The average Bonchev–Trinajstić information content (AvgIpc) is 2.31. The van der Waals surface area contributed by atoms with Gasteiger partial charge in [-0.25, -0.2) is 0 Å². The van der Waals surface area contributed by atoms with E-state index >= 15 is 0 Å². The lowest BCUT2D eigenvalue weighted by Crippen LogP contribution is -2.59. The smallest absolute Gasteiger partial charge is 0.127 e. The molecule has 0 saturated carbocycles. The van der Waals surface area contributed by atoms with Crippen molar-refractivity contribution >= 4 is 20.9 Å². The van der Waals surface area contributed by atoms with Crippen LogP contribution < -0.4 is 10.4 Å². The zero-order valence-corrected chi connectivity index (χ0v) is 21.1. The molecule has 5 heteroatoms. The minimum Gasteiger partial charge on any atom is -0.272 e. The second-order valence-electron chi connectivity index (χ2n) is 11.2. The summed E-state index contributed by atoms with van der Waals surface area (Å²) in [4.78, 5) is 0. The predicted octanol–water partition coefficient (Wildman–Crippen LogP) is 6.47. The van der Waals surface area contributed by atoms with Crippen molar-refractivity contribution in [1.29, 1.82) is 0 Å². The molecule has 0 heterocycles. The summed E-state index contributed by atoms with van der Waals surface area (Å²) in [6, 6.07) is 10.9. The Kier molecular flexibility index (Phi) is 6.85. The molecule has 0 aliphatic carbocycles. The van der Waals surface area contributed by atoms with Crippen LogP contribution >= 0.6 is 7.36 Å². The second kappa shape index (κ2) is 7.54. The number of rotatable bonds is 4. The summed E-state index contributed by atoms with van der Waals surface area (Å²) in [7, 11) is -3.89. The van der Waals surface area contributed by atoms with Crippen molar-refractivity contribution in [3.63, 3.8) is 0 Å². The molecule has 1 aromatic rings. The molecule has 1 atom stereocenters. The fourth-order valence-electron chi connectivity index (χ4n) is 3.77. The van der Waals surface area contributed by atoms with Crippen molar-refractivity contribution in [3.05, 3.63) is 30.3 Å². The molecule has 0 fully saturated rings. The monoisotopic (exact) mass is 395 g/mol. The largest absolute Gasteiger partial charge is 0.272 e. The van der Waals surface area contributed by atoms with Crippen LogP contribution in [-0.4, -0.2) is 29.2 Å². The first-order chi connectivity index (χ1) is 11.4. The van der Waals surface area contributed by atoms with Gasteiger partial charge < -0.3 is 0 Å². The van der Waals surface area contributed by atoms with Crippen LogP contribution in [0.5, 0.6) is 0 Å². The Hall–Kier alpha value is -0.413. The lowest BCUT2D eigenvalue weighted by atomic mass is 10.1. The molecule has 1 aromatic carbocycles. The Morgan fingerprint density at radius 2 is 1.31 bits per heavy atom. The first kappa shape index (κ1) is 23.6. The molecule has 0 aliphatic rings. The highest BCUT2D eigenvalue weighted by Crippen LogP contribution is 2.57.